The number of nitrogens with two attached hydrogens (primary N) is 1. The number of rotatable bonds is 3. The van der Waals surface area contributed by atoms with Gasteiger partial charge < -0.3 is 5.73 Å². The number of hydrogen-bond acceptors (Lipinski definition) is 1. The van der Waals surface area contributed by atoms with E-state index < -0.39 is 12.0 Å². The summed E-state index contributed by atoms with van der Waals surface area (Å²) in [5.41, 5.74) is 6.29. The van der Waals surface area contributed by atoms with E-state index in [-0.39, 0.29) is 11.5 Å². The van der Waals surface area contributed by atoms with Gasteiger partial charge in [0.1, 0.15) is 12.0 Å². The molecule has 0 aliphatic heterocycles. The van der Waals surface area contributed by atoms with E-state index in [0.29, 0.717) is 12.1 Å². The molecule has 1 rings (SSSR count). The molecule has 0 aromatic heterocycles. The Morgan fingerprint density at radius 2 is 2.00 bits per heavy atom. The lowest BCUT2D eigenvalue weighted by atomic mass is 9.93. The van der Waals surface area contributed by atoms with Gasteiger partial charge in [-0.25, -0.2) is 8.78 Å². The molecule has 0 saturated heterocycles. The standard InChI is InChI=1S/C11H15F2N/c1-7(6-14)9-4-3-5-10(13)11(9)8(2)12/h3-5,7-8H,6,14H2,1-2H3. The molecule has 0 fully saturated rings. The van der Waals surface area contributed by atoms with Crippen LogP contribution in [0.15, 0.2) is 18.2 Å². The van der Waals surface area contributed by atoms with Crippen LogP contribution in [0.2, 0.25) is 0 Å². The molecule has 0 saturated carbocycles. The molecule has 0 aliphatic rings. The van der Waals surface area contributed by atoms with Crippen LogP contribution in [0.25, 0.3) is 0 Å². The fraction of sp³-hybridized carbons (Fsp3) is 0.455. The fourth-order valence-corrected chi connectivity index (χ4v) is 1.53. The second-order valence-electron chi connectivity index (χ2n) is 3.50. The first kappa shape index (κ1) is 11.1. The van der Waals surface area contributed by atoms with E-state index in [4.69, 9.17) is 5.73 Å². The third kappa shape index (κ3) is 2.10. The maximum absolute atomic E-state index is 13.3. The van der Waals surface area contributed by atoms with Gasteiger partial charge >= 0.3 is 0 Å². The lowest BCUT2D eigenvalue weighted by Crippen LogP contribution is -2.12. The van der Waals surface area contributed by atoms with Gasteiger partial charge in [0.15, 0.2) is 0 Å². The highest BCUT2D eigenvalue weighted by Gasteiger charge is 2.17. The molecule has 1 nitrogen and oxygen atoms in total. The smallest absolute Gasteiger partial charge is 0.129 e. The zero-order chi connectivity index (χ0) is 10.7. The maximum atomic E-state index is 13.3. The van der Waals surface area contributed by atoms with Crippen molar-refractivity contribution in [3.8, 4) is 0 Å². The highest BCUT2D eigenvalue weighted by molar-refractivity contribution is 5.33. The van der Waals surface area contributed by atoms with Crippen LogP contribution in [-0.4, -0.2) is 6.54 Å². The van der Waals surface area contributed by atoms with Crippen LogP contribution >= 0.6 is 0 Å². The highest BCUT2D eigenvalue weighted by atomic mass is 19.1. The van der Waals surface area contributed by atoms with E-state index in [9.17, 15) is 8.78 Å². The van der Waals surface area contributed by atoms with Crippen LogP contribution in [0.3, 0.4) is 0 Å². The summed E-state index contributed by atoms with van der Waals surface area (Å²) in [7, 11) is 0. The molecule has 78 valence electrons. The molecule has 0 bridgehead atoms. The van der Waals surface area contributed by atoms with Crippen LogP contribution in [0.1, 0.15) is 37.1 Å². The largest absolute Gasteiger partial charge is 0.330 e. The van der Waals surface area contributed by atoms with Gasteiger partial charge in [-0.3, -0.25) is 0 Å². The van der Waals surface area contributed by atoms with E-state index in [0.717, 1.165) is 0 Å². The third-order valence-corrected chi connectivity index (χ3v) is 2.37. The van der Waals surface area contributed by atoms with E-state index in [1.54, 1.807) is 12.1 Å². The summed E-state index contributed by atoms with van der Waals surface area (Å²) in [4.78, 5) is 0. The monoisotopic (exact) mass is 199 g/mol. The van der Waals surface area contributed by atoms with Gasteiger partial charge in [0, 0.05) is 5.56 Å². The van der Waals surface area contributed by atoms with Crippen molar-refractivity contribution in [2.24, 2.45) is 5.73 Å². The predicted molar refractivity (Wildman–Crippen MR) is 53.4 cm³/mol. The summed E-state index contributed by atoms with van der Waals surface area (Å²) in [5.74, 6) is -0.503. The molecule has 14 heavy (non-hydrogen) atoms. The summed E-state index contributed by atoms with van der Waals surface area (Å²) in [6.07, 6.45) is -1.29. The Labute approximate surface area is 82.9 Å². The van der Waals surface area contributed by atoms with Crippen molar-refractivity contribution in [3.05, 3.63) is 35.1 Å². The van der Waals surface area contributed by atoms with Crippen molar-refractivity contribution in [1.82, 2.24) is 0 Å². The fourth-order valence-electron chi connectivity index (χ4n) is 1.53. The zero-order valence-electron chi connectivity index (χ0n) is 8.43. The van der Waals surface area contributed by atoms with Crippen molar-refractivity contribution in [2.75, 3.05) is 6.54 Å². The normalized spacial score (nSPS) is 15.2. The molecule has 0 radical (unpaired) electrons. The van der Waals surface area contributed by atoms with Crippen molar-refractivity contribution in [2.45, 2.75) is 25.9 Å². The minimum absolute atomic E-state index is 0.0149. The van der Waals surface area contributed by atoms with E-state index >= 15 is 0 Å². The minimum Gasteiger partial charge on any atom is -0.330 e. The number of benzene rings is 1. The molecule has 0 spiro atoms. The Morgan fingerprint density at radius 3 is 2.50 bits per heavy atom. The summed E-state index contributed by atoms with van der Waals surface area (Å²) in [6, 6.07) is 4.59. The second kappa shape index (κ2) is 4.51. The zero-order valence-corrected chi connectivity index (χ0v) is 8.43. The summed E-state index contributed by atoms with van der Waals surface area (Å²) < 4.78 is 26.5. The molecule has 3 heteroatoms. The van der Waals surface area contributed by atoms with Crippen LogP contribution in [-0.2, 0) is 0 Å². The summed E-state index contributed by atoms with van der Waals surface area (Å²) >= 11 is 0. The first-order chi connectivity index (χ1) is 6.57. The number of alkyl halides is 1. The maximum Gasteiger partial charge on any atom is 0.129 e. The second-order valence-corrected chi connectivity index (χ2v) is 3.50. The third-order valence-electron chi connectivity index (χ3n) is 2.37. The first-order valence-corrected chi connectivity index (χ1v) is 4.70. The lowest BCUT2D eigenvalue weighted by molar-refractivity contribution is 0.357. The van der Waals surface area contributed by atoms with Crippen molar-refractivity contribution in [3.63, 3.8) is 0 Å². The quantitative estimate of drug-likeness (QED) is 0.795. The molecule has 2 unspecified atom stereocenters. The van der Waals surface area contributed by atoms with Gasteiger partial charge in [0.05, 0.1) is 0 Å². The Hall–Kier alpha value is -0.960. The topological polar surface area (TPSA) is 26.0 Å². The van der Waals surface area contributed by atoms with Gasteiger partial charge in [0.2, 0.25) is 0 Å². The number of hydrogen-bond donors (Lipinski definition) is 1. The molecule has 0 aliphatic carbocycles. The minimum atomic E-state index is -1.29. The first-order valence-electron chi connectivity index (χ1n) is 4.70. The van der Waals surface area contributed by atoms with Gasteiger partial charge in [-0.15, -0.1) is 0 Å². The predicted octanol–water partition coefficient (Wildman–Crippen LogP) is 2.92. The van der Waals surface area contributed by atoms with Crippen molar-refractivity contribution < 1.29 is 8.78 Å². The Kier molecular flexibility index (Phi) is 3.58. The Bertz CT molecular complexity index is 310. The van der Waals surface area contributed by atoms with E-state index in [2.05, 4.69) is 0 Å². The molecule has 2 N–H and O–H groups in total. The molecule has 1 aromatic carbocycles. The van der Waals surface area contributed by atoms with Crippen molar-refractivity contribution in [1.29, 1.82) is 0 Å². The number of halogens is 2. The lowest BCUT2D eigenvalue weighted by Gasteiger charge is -2.16. The molecular weight excluding hydrogens is 184 g/mol. The van der Waals surface area contributed by atoms with Crippen molar-refractivity contribution >= 4 is 0 Å². The van der Waals surface area contributed by atoms with Gasteiger partial charge in [-0.05, 0) is 31.0 Å². The molecule has 0 amide bonds. The SMILES string of the molecule is CC(F)c1c(F)cccc1C(C)CN. The molecule has 0 heterocycles. The van der Waals surface area contributed by atoms with Crippen LogP contribution in [0.5, 0.6) is 0 Å². The highest BCUT2D eigenvalue weighted by Crippen LogP contribution is 2.28. The van der Waals surface area contributed by atoms with E-state index in [1.807, 2.05) is 6.92 Å². The van der Waals surface area contributed by atoms with Crippen LogP contribution < -0.4 is 5.73 Å². The van der Waals surface area contributed by atoms with Gasteiger partial charge in [0.25, 0.3) is 0 Å². The van der Waals surface area contributed by atoms with E-state index in [1.165, 1.54) is 13.0 Å². The molecular formula is C11H15F2N. The average molecular weight is 199 g/mol. The average Bonchev–Trinajstić information content (AvgIpc) is 2.15. The summed E-state index contributed by atoms with van der Waals surface area (Å²) in [6.45, 7) is 3.59. The van der Waals surface area contributed by atoms with Crippen LogP contribution in [0, 0.1) is 5.82 Å². The Balaban J connectivity index is 3.21. The molecule has 2 atom stereocenters. The summed E-state index contributed by atoms with van der Waals surface area (Å²) in [5, 5.41) is 0. The van der Waals surface area contributed by atoms with Gasteiger partial charge in [-0.2, -0.15) is 0 Å². The van der Waals surface area contributed by atoms with Gasteiger partial charge in [-0.1, -0.05) is 19.1 Å². The van der Waals surface area contributed by atoms with Crippen LogP contribution in [0.4, 0.5) is 8.78 Å². The Morgan fingerprint density at radius 1 is 1.36 bits per heavy atom. The molecule has 1 aromatic rings.